The topological polar surface area (TPSA) is 91.4 Å². The van der Waals surface area contributed by atoms with Crippen molar-refractivity contribution in [2.75, 3.05) is 17.2 Å². The average Bonchev–Trinajstić information content (AvgIpc) is 3.06. The Balaban J connectivity index is 1.57. The fourth-order valence-electron chi connectivity index (χ4n) is 2.99. The zero-order chi connectivity index (χ0) is 19.4. The lowest BCUT2D eigenvalue weighted by molar-refractivity contribution is -0.129. The molecule has 7 heteroatoms. The van der Waals surface area contributed by atoms with Crippen LogP contribution >= 0.6 is 0 Å². The Bertz CT molecular complexity index is 834. The number of rotatable bonds is 5. The van der Waals surface area contributed by atoms with Gasteiger partial charge in [0, 0.05) is 42.8 Å². The lowest BCUT2D eigenvalue weighted by atomic mass is 10.1. The molecule has 0 bridgehead atoms. The number of likely N-dealkylation sites (tertiary alicyclic amines) is 1. The van der Waals surface area contributed by atoms with Crippen molar-refractivity contribution in [3.8, 4) is 0 Å². The van der Waals surface area contributed by atoms with Crippen molar-refractivity contribution in [2.45, 2.75) is 26.3 Å². The first-order valence-electron chi connectivity index (χ1n) is 8.86. The minimum absolute atomic E-state index is 0.0126. The van der Waals surface area contributed by atoms with Crippen molar-refractivity contribution in [3.05, 3.63) is 54.4 Å². The SMILES string of the molecule is CC(C)N1CC(C(=O)Nc2ccc(NC(=O)c3cccnc3)cc2)CC1=O. The monoisotopic (exact) mass is 366 g/mol. The molecule has 1 unspecified atom stereocenters. The van der Waals surface area contributed by atoms with Crippen LogP contribution in [0.1, 0.15) is 30.6 Å². The minimum atomic E-state index is -0.343. The van der Waals surface area contributed by atoms with Gasteiger partial charge in [-0.2, -0.15) is 0 Å². The van der Waals surface area contributed by atoms with Gasteiger partial charge in [0.15, 0.2) is 0 Å². The molecule has 1 fully saturated rings. The Kier molecular flexibility index (Phi) is 5.49. The second-order valence-corrected chi connectivity index (χ2v) is 6.80. The standard InChI is InChI=1S/C20H22N4O3/c1-13(2)24-12-15(10-18(24)25)20(27)23-17-7-5-16(6-8-17)22-19(26)14-4-3-9-21-11-14/h3-9,11,13,15H,10,12H2,1-2H3,(H,22,26)(H,23,27). The maximum Gasteiger partial charge on any atom is 0.257 e. The summed E-state index contributed by atoms with van der Waals surface area (Å²) in [6, 6.07) is 10.3. The van der Waals surface area contributed by atoms with Gasteiger partial charge in [-0.3, -0.25) is 19.4 Å². The van der Waals surface area contributed by atoms with E-state index in [1.54, 1.807) is 47.5 Å². The maximum absolute atomic E-state index is 12.4. The predicted molar refractivity (Wildman–Crippen MR) is 102 cm³/mol. The highest BCUT2D eigenvalue weighted by molar-refractivity contribution is 6.04. The van der Waals surface area contributed by atoms with Gasteiger partial charge in [-0.1, -0.05) is 0 Å². The van der Waals surface area contributed by atoms with Crippen molar-refractivity contribution >= 4 is 29.1 Å². The van der Waals surface area contributed by atoms with E-state index >= 15 is 0 Å². The van der Waals surface area contributed by atoms with Crippen LogP contribution in [0.3, 0.4) is 0 Å². The lowest BCUT2D eigenvalue weighted by Crippen LogP contribution is -2.33. The van der Waals surface area contributed by atoms with Gasteiger partial charge >= 0.3 is 0 Å². The number of nitrogens with one attached hydrogen (secondary N) is 2. The second kappa shape index (κ2) is 7.99. The zero-order valence-electron chi connectivity index (χ0n) is 15.3. The van der Waals surface area contributed by atoms with E-state index in [1.807, 2.05) is 13.8 Å². The Hall–Kier alpha value is -3.22. The molecule has 0 radical (unpaired) electrons. The van der Waals surface area contributed by atoms with Gasteiger partial charge in [0.05, 0.1) is 11.5 Å². The van der Waals surface area contributed by atoms with Crippen molar-refractivity contribution in [1.29, 1.82) is 0 Å². The summed E-state index contributed by atoms with van der Waals surface area (Å²) in [6.07, 6.45) is 3.34. The Morgan fingerprint density at radius 3 is 2.33 bits per heavy atom. The zero-order valence-corrected chi connectivity index (χ0v) is 15.3. The van der Waals surface area contributed by atoms with E-state index in [-0.39, 0.29) is 36.1 Å². The number of aromatic nitrogens is 1. The van der Waals surface area contributed by atoms with Crippen LogP contribution in [0.5, 0.6) is 0 Å². The Morgan fingerprint density at radius 2 is 1.78 bits per heavy atom. The van der Waals surface area contributed by atoms with Crippen LogP contribution in [-0.4, -0.2) is 40.2 Å². The Morgan fingerprint density at radius 1 is 1.11 bits per heavy atom. The highest BCUT2D eigenvalue weighted by Gasteiger charge is 2.35. The van der Waals surface area contributed by atoms with Crippen LogP contribution in [0.4, 0.5) is 11.4 Å². The maximum atomic E-state index is 12.4. The van der Waals surface area contributed by atoms with Crippen LogP contribution < -0.4 is 10.6 Å². The first kappa shape index (κ1) is 18.6. The summed E-state index contributed by atoms with van der Waals surface area (Å²) >= 11 is 0. The van der Waals surface area contributed by atoms with Gasteiger partial charge in [0.25, 0.3) is 5.91 Å². The van der Waals surface area contributed by atoms with E-state index < -0.39 is 0 Å². The third-order valence-electron chi connectivity index (χ3n) is 4.49. The van der Waals surface area contributed by atoms with E-state index in [9.17, 15) is 14.4 Å². The summed E-state index contributed by atoms with van der Waals surface area (Å²) in [4.78, 5) is 42.1. The number of carbonyl (C=O) groups excluding carboxylic acids is 3. The summed E-state index contributed by atoms with van der Waals surface area (Å²) in [6.45, 7) is 4.33. The number of hydrogen-bond acceptors (Lipinski definition) is 4. The van der Waals surface area contributed by atoms with Crippen LogP contribution in [-0.2, 0) is 9.59 Å². The van der Waals surface area contributed by atoms with Crippen molar-refractivity contribution in [1.82, 2.24) is 9.88 Å². The molecule has 2 aromatic rings. The number of anilines is 2. The first-order valence-corrected chi connectivity index (χ1v) is 8.86. The molecule has 7 nitrogen and oxygen atoms in total. The van der Waals surface area contributed by atoms with E-state index in [1.165, 1.54) is 6.20 Å². The minimum Gasteiger partial charge on any atom is -0.339 e. The molecule has 1 aromatic carbocycles. The number of pyridine rings is 1. The normalized spacial score (nSPS) is 16.5. The molecule has 1 aromatic heterocycles. The quantitative estimate of drug-likeness (QED) is 0.851. The predicted octanol–water partition coefficient (Wildman–Crippen LogP) is 2.53. The highest BCUT2D eigenvalue weighted by Crippen LogP contribution is 2.22. The molecule has 27 heavy (non-hydrogen) atoms. The second-order valence-electron chi connectivity index (χ2n) is 6.80. The first-order chi connectivity index (χ1) is 12.9. The largest absolute Gasteiger partial charge is 0.339 e. The molecule has 3 amide bonds. The molecule has 2 N–H and O–H groups in total. The molecule has 0 spiro atoms. The smallest absolute Gasteiger partial charge is 0.257 e. The number of nitrogens with zero attached hydrogens (tertiary/aromatic N) is 2. The van der Waals surface area contributed by atoms with Gasteiger partial charge in [-0.15, -0.1) is 0 Å². The van der Waals surface area contributed by atoms with Gasteiger partial charge in [0.2, 0.25) is 11.8 Å². The number of hydrogen-bond donors (Lipinski definition) is 2. The van der Waals surface area contributed by atoms with Crippen molar-refractivity contribution in [2.24, 2.45) is 5.92 Å². The van der Waals surface area contributed by atoms with E-state index in [0.29, 0.717) is 23.5 Å². The van der Waals surface area contributed by atoms with E-state index in [0.717, 1.165) is 0 Å². The van der Waals surface area contributed by atoms with Crippen LogP contribution in [0, 0.1) is 5.92 Å². The van der Waals surface area contributed by atoms with Crippen LogP contribution in [0.2, 0.25) is 0 Å². The fourth-order valence-corrected chi connectivity index (χ4v) is 2.99. The molecule has 1 aliphatic heterocycles. The summed E-state index contributed by atoms with van der Waals surface area (Å²) in [5.41, 5.74) is 1.70. The van der Waals surface area contributed by atoms with Gasteiger partial charge in [0.1, 0.15) is 0 Å². The molecule has 3 rings (SSSR count). The number of benzene rings is 1. The molecule has 0 saturated carbocycles. The summed E-state index contributed by atoms with van der Waals surface area (Å²) in [7, 11) is 0. The number of amides is 3. The molecule has 1 atom stereocenters. The molecular formula is C20H22N4O3. The van der Waals surface area contributed by atoms with Crippen molar-refractivity contribution < 1.29 is 14.4 Å². The van der Waals surface area contributed by atoms with Gasteiger partial charge in [-0.25, -0.2) is 0 Å². The summed E-state index contributed by atoms with van der Waals surface area (Å²) in [5.74, 6) is -0.750. The third-order valence-corrected chi connectivity index (χ3v) is 4.49. The molecule has 1 aliphatic rings. The molecule has 2 heterocycles. The highest BCUT2D eigenvalue weighted by atomic mass is 16.2. The van der Waals surface area contributed by atoms with Crippen molar-refractivity contribution in [3.63, 3.8) is 0 Å². The van der Waals surface area contributed by atoms with Crippen LogP contribution in [0.15, 0.2) is 48.8 Å². The molecular weight excluding hydrogens is 344 g/mol. The number of carbonyl (C=O) groups is 3. The summed E-state index contributed by atoms with van der Waals surface area (Å²) < 4.78 is 0. The van der Waals surface area contributed by atoms with Crippen LogP contribution in [0.25, 0.3) is 0 Å². The van der Waals surface area contributed by atoms with Gasteiger partial charge < -0.3 is 15.5 Å². The molecule has 0 aliphatic carbocycles. The van der Waals surface area contributed by atoms with Gasteiger partial charge in [-0.05, 0) is 50.2 Å². The summed E-state index contributed by atoms with van der Waals surface area (Å²) in [5, 5.41) is 5.61. The third kappa shape index (κ3) is 4.49. The Labute approximate surface area is 157 Å². The average molecular weight is 366 g/mol. The molecule has 140 valence electrons. The lowest BCUT2D eigenvalue weighted by Gasteiger charge is -2.20. The molecule has 1 saturated heterocycles. The van der Waals surface area contributed by atoms with E-state index in [2.05, 4.69) is 15.6 Å². The fraction of sp³-hybridized carbons (Fsp3) is 0.300. The van der Waals surface area contributed by atoms with E-state index in [4.69, 9.17) is 0 Å².